The zero-order chi connectivity index (χ0) is 14.8. The van der Waals surface area contributed by atoms with Gasteiger partial charge >= 0.3 is 0 Å². The number of hydrogen-bond donors (Lipinski definition) is 2. The fourth-order valence-corrected chi connectivity index (χ4v) is 3.13. The van der Waals surface area contributed by atoms with Gasteiger partial charge in [-0.15, -0.1) is 0 Å². The van der Waals surface area contributed by atoms with Gasteiger partial charge in [-0.25, -0.2) is 4.68 Å². The van der Waals surface area contributed by atoms with E-state index in [0.717, 1.165) is 36.6 Å². The Morgan fingerprint density at radius 3 is 2.90 bits per heavy atom. The quantitative estimate of drug-likeness (QED) is 0.897. The van der Waals surface area contributed by atoms with E-state index in [1.807, 2.05) is 11.6 Å². The maximum atomic E-state index is 6.21. The molecule has 4 nitrogen and oxygen atoms in total. The number of aryl methyl sites for hydroxylation is 3. The molecule has 3 rings (SSSR count). The molecule has 1 aromatic carbocycles. The maximum absolute atomic E-state index is 6.21. The van der Waals surface area contributed by atoms with Gasteiger partial charge in [0.1, 0.15) is 0 Å². The van der Waals surface area contributed by atoms with Crippen molar-refractivity contribution < 1.29 is 0 Å². The maximum Gasteiger partial charge on any atom is 0.152 e. The van der Waals surface area contributed by atoms with Gasteiger partial charge in [-0.1, -0.05) is 19.1 Å². The molecule has 0 saturated heterocycles. The van der Waals surface area contributed by atoms with Gasteiger partial charge in [0.25, 0.3) is 0 Å². The number of fused-ring (bicyclic) bond motifs is 1. The number of nitrogens with two attached hydrogens (primary N) is 1. The number of nitrogens with zero attached hydrogens (tertiary/aromatic N) is 2. The van der Waals surface area contributed by atoms with Gasteiger partial charge in [-0.2, -0.15) is 5.10 Å². The number of anilines is 3. The van der Waals surface area contributed by atoms with Crippen molar-refractivity contribution in [3.63, 3.8) is 0 Å². The van der Waals surface area contributed by atoms with E-state index < -0.39 is 0 Å². The lowest BCUT2D eigenvalue weighted by Crippen LogP contribution is -2.10. The molecule has 112 valence electrons. The van der Waals surface area contributed by atoms with Crippen molar-refractivity contribution in [3.05, 3.63) is 35.0 Å². The smallest absolute Gasteiger partial charge is 0.152 e. The van der Waals surface area contributed by atoms with Gasteiger partial charge in [-0.05, 0) is 56.2 Å². The third-order valence-corrected chi connectivity index (χ3v) is 4.26. The zero-order valence-corrected chi connectivity index (χ0v) is 12.9. The summed E-state index contributed by atoms with van der Waals surface area (Å²) in [5, 5.41) is 8.09. The van der Waals surface area contributed by atoms with E-state index in [2.05, 4.69) is 35.5 Å². The predicted molar refractivity (Wildman–Crippen MR) is 88.0 cm³/mol. The van der Waals surface area contributed by atoms with Crippen LogP contribution >= 0.6 is 0 Å². The molecule has 1 aliphatic carbocycles. The third-order valence-electron chi connectivity index (χ3n) is 4.26. The van der Waals surface area contributed by atoms with Crippen LogP contribution in [0.3, 0.4) is 0 Å². The van der Waals surface area contributed by atoms with Crippen LogP contribution in [0, 0.1) is 6.92 Å². The van der Waals surface area contributed by atoms with Crippen LogP contribution in [-0.2, 0) is 19.4 Å². The Morgan fingerprint density at radius 1 is 1.29 bits per heavy atom. The van der Waals surface area contributed by atoms with E-state index in [9.17, 15) is 0 Å². The molecule has 3 N–H and O–H groups in total. The van der Waals surface area contributed by atoms with E-state index in [1.165, 1.54) is 36.1 Å². The molecule has 0 amide bonds. The normalized spacial score (nSPS) is 14.0. The van der Waals surface area contributed by atoms with Gasteiger partial charge in [0, 0.05) is 12.2 Å². The van der Waals surface area contributed by atoms with Crippen molar-refractivity contribution in [1.29, 1.82) is 0 Å². The van der Waals surface area contributed by atoms with Crippen LogP contribution in [0.15, 0.2) is 18.2 Å². The summed E-state index contributed by atoms with van der Waals surface area (Å²) in [5.41, 5.74) is 12.0. The minimum absolute atomic E-state index is 0.761. The van der Waals surface area contributed by atoms with Crippen LogP contribution in [0.1, 0.15) is 43.0 Å². The summed E-state index contributed by atoms with van der Waals surface area (Å²) in [6.45, 7) is 5.00. The van der Waals surface area contributed by atoms with E-state index in [4.69, 9.17) is 5.73 Å². The molecule has 0 radical (unpaired) electrons. The second-order valence-electron chi connectivity index (χ2n) is 5.85. The molecule has 0 unspecified atom stereocenters. The van der Waals surface area contributed by atoms with Crippen LogP contribution in [0.2, 0.25) is 0 Å². The van der Waals surface area contributed by atoms with Crippen LogP contribution < -0.4 is 11.1 Å². The Kier molecular flexibility index (Phi) is 3.86. The molecular formula is C17H24N4. The summed E-state index contributed by atoms with van der Waals surface area (Å²) in [5.74, 6) is 0.938. The number of rotatable bonds is 4. The van der Waals surface area contributed by atoms with Gasteiger partial charge < -0.3 is 11.1 Å². The highest BCUT2D eigenvalue weighted by Crippen LogP contribution is 2.32. The molecule has 21 heavy (non-hydrogen) atoms. The van der Waals surface area contributed by atoms with Gasteiger partial charge in [0.15, 0.2) is 5.82 Å². The molecule has 0 spiro atoms. The minimum Gasteiger partial charge on any atom is -0.394 e. The minimum atomic E-state index is 0.761. The van der Waals surface area contributed by atoms with Crippen molar-refractivity contribution in [3.8, 4) is 0 Å². The van der Waals surface area contributed by atoms with Crippen LogP contribution in [0.5, 0.6) is 0 Å². The molecule has 0 fully saturated rings. The van der Waals surface area contributed by atoms with Crippen molar-refractivity contribution in [1.82, 2.24) is 9.78 Å². The van der Waals surface area contributed by atoms with E-state index >= 15 is 0 Å². The fraction of sp³-hybridized carbons (Fsp3) is 0.471. The molecule has 0 aliphatic heterocycles. The standard InChI is InChI=1S/C17H24N4/c1-3-11-21-17(16(18)12(2)20-21)19-15-10-6-8-13-7-4-5-9-14(13)15/h6,8,10,19H,3-5,7,9,11,18H2,1-2H3. The summed E-state index contributed by atoms with van der Waals surface area (Å²) in [7, 11) is 0. The number of nitrogens with one attached hydrogen (secondary N) is 1. The second-order valence-corrected chi connectivity index (χ2v) is 5.85. The Labute approximate surface area is 126 Å². The highest BCUT2D eigenvalue weighted by atomic mass is 15.3. The van der Waals surface area contributed by atoms with Crippen molar-refractivity contribution in [2.45, 2.75) is 52.5 Å². The summed E-state index contributed by atoms with van der Waals surface area (Å²) in [4.78, 5) is 0. The first-order valence-electron chi connectivity index (χ1n) is 7.91. The Hall–Kier alpha value is -1.97. The number of benzene rings is 1. The molecule has 1 heterocycles. The van der Waals surface area contributed by atoms with Crippen molar-refractivity contribution in [2.24, 2.45) is 0 Å². The molecule has 0 saturated carbocycles. The number of aromatic nitrogens is 2. The molecule has 1 aromatic heterocycles. The lowest BCUT2D eigenvalue weighted by molar-refractivity contribution is 0.605. The van der Waals surface area contributed by atoms with Gasteiger partial charge in [-0.3, -0.25) is 0 Å². The Balaban J connectivity index is 1.97. The van der Waals surface area contributed by atoms with Crippen LogP contribution in [-0.4, -0.2) is 9.78 Å². The second kappa shape index (κ2) is 5.80. The topological polar surface area (TPSA) is 55.9 Å². The van der Waals surface area contributed by atoms with Crippen LogP contribution in [0.4, 0.5) is 17.2 Å². The van der Waals surface area contributed by atoms with E-state index in [-0.39, 0.29) is 0 Å². The third kappa shape index (κ3) is 2.62. The first kappa shape index (κ1) is 14.0. The average molecular weight is 284 g/mol. The molecule has 0 bridgehead atoms. The number of hydrogen-bond acceptors (Lipinski definition) is 3. The molecular weight excluding hydrogens is 260 g/mol. The molecule has 1 aliphatic rings. The Bertz CT molecular complexity index is 642. The SMILES string of the molecule is CCCn1nc(C)c(N)c1Nc1cccc2c1CCCC2. The predicted octanol–water partition coefficient (Wildman–Crippen LogP) is 3.81. The lowest BCUT2D eigenvalue weighted by Gasteiger charge is -2.20. The summed E-state index contributed by atoms with van der Waals surface area (Å²) in [6, 6.07) is 6.54. The highest BCUT2D eigenvalue weighted by Gasteiger charge is 2.16. The first-order valence-corrected chi connectivity index (χ1v) is 7.91. The first-order chi connectivity index (χ1) is 10.2. The van der Waals surface area contributed by atoms with Gasteiger partial charge in [0.05, 0.1) is 11.4 Å². The van der Waals surface area contributed by atoms with Crippen molar-refractivity contribution >= 4 is 17.2 Å². The summed E-state index contributed by atoms with van der Waals surface area (Å²) < 4.78 is 1.99. The summed E-state index contributed by atoms with van der Waals surface area (Å²) >= 11 is 0. The number of nitrogen functional groups attached to an aromatic ring is 1. The molecule has 4 heteroatoms. The Morgan fingerprint density at radius 2 is 2.10 bits per heavy atom. The average Bonchev–Trinajstić information content (AvgIpc) is 2.76. The van der Waals surface area contributed by atoms with E-state index in [1.54, 1.807) is 0 Å². The monoisotopic (exact) mass is 284 g/mol. The largest absolute Gasteiger partial charge is 0.394 e. The highest BCUT2D eigenvalue weighted by molar-refractivity contribution is 5.73. The van der Waals surface area contributed by atoms with Gasteiger partial charge in [0.2, 0.25) is 0 Å². The lowest BCUT2D eigenvalue weighted by atomic mass is 9.90. The molecule has 0 atom stereocenters. The van der Waals surface area contributed by atoms with Crippen LogP contribution in [0.25, 0.3) is 0 Å². The summed E-state index contributed by atoms with van der Waals surface area (Å²) in [6.07, 6.45) is 5.95. The van der Waals surface area contributed by atoms with Crippen molar-refractivity contribution in [2.75, 3.05) is 11.1 Å². The van der Waals surface area contributed by atoms with E-state index in [0.29, 0.717) is 0 Å². The zero-order valence-electron chi connectivity index (χ0n) is 12.9. The fourth-order valence-electron chi connectivity index (χ4n) is 3.13. The molecule has 2 aromatic rings.